The van der Waals surface area contributed by atoms with Gasteiger partial charge in [-0.3, -0.25) is 4.79 Å². The lowest BCUT2D eigenvalue weighted by atomic mass is 9.71. The second-order valence-electron chi connectivity index (χ2n) is 6.69. The zero-order valence-electron chi connectivity index (χ0n) is 13.2. The summed E-state index contributed by atoms with van der Waals surface area (Å²) >= 11 is 0. The van der Waals surface area contributed by atoms with Gasteiger partial charge < -0.3 is 14.2 Å². The van der Waals surface area contributed by atoms with Crippen LogP contribution in [0.4, 0.5) is 0 Å². The molecule has 2 rings (SSSR count). The van der Waals surface area contributed by atoms with E-state index in [9.17, 15) is 9.59 Å². The second-order valence-corrected chi connectivity index (χ2v) is 6.69. The molecule has 2 saturated heterocycles. The van der Waals surface area contributed by atoms with Crippen molar-refractivity contribution in [3.05, 3.63) is 12.2 Å². The molecule has 2 bridgehead atoms. The Morgan fingerprint density at radius 3 is 2.57 bits per heavy atom. The van der Waals surface area contributed by atoms with Gasteiger partial charge in [0.25, 0.3) is 0 Å². The lowest BCUT2D eigenvalue weighted by Gasteiger charge is -2.41. The largest absolute Gasteiger partial charge is 0.463 e. The fraction of sp³-hybridized carbons (Fsp3) is 0.750. The van der Waals surface area contributed by atoms with E-state index in [2.05, 4.69) is 6.58 Å². The molecule has 0 spiro atoms. The second kappa shape index (κ2) is 5.44. The van der Waals surface area contributed by atoms with Crippen molar-refractivity contribution in [2.24, 2.45) is 5.92 Å². The van der Waals surface area contributed by atoms with Crippen molar-refractivity contribution in [3.8, 4) is 0 Å². The van der Waals surface area contributed by atoms with Crippen molar-refractivity contribution >= 4 is 11.9 Å². The Morgan fingerprint density at radius 1 is 1.38 bits per heavy atom. The fourth-order valence-electron chi connectivity index (χ4n) is 3.50. The number of esters is 2. The van der Waals surface area contributed by atoms with E-state index in [1.165, 1.54) is 6.92 Å². The minimum atomic E-state index is -0.689. The van der Waals surface area contributed by atoms with Gasteiger partial charge in [0.2, 0.25) is 0 Å². The molecule has 5 heteroatoms. The molecule has 2 fully saturated rings. The van der Waals surface area contributed by atoms with Crippen molar-refractivity contribution in [1.29, 1.82) is 0 Å². The van der Waals surface area contributed by atoms with Crippen LogP contribution in [0.15, 0.2) is 12.2 Å². The highest BCUT2D eigenvalue weighted by molar-refractivity contribution is 5.87. The Kier molecular flexibility index (Phi) is 4.15. The van der Waals surface area contributed by atoms with E-state index in [1.807, 2.05) is 13.8 Å². The molecule has 3 unspecified atom stereocenters. The first kappa shape index (κ1) is 16.0. The number of carbonyl (C=O) groups excluding carboxylic acids is 2. The smallest absolute Gasteiger partial charge is 0.333 e. The average molecular weight is 296 g/mol. The Bertz CT molecular complexity index is 467. The normalized spacial score (nSPS) is 31.0. The van der Waals surface area contributed by atoms with Crippen molar-refractivity contribution in [3.63, 3.8) is 0 Å². The zero-order chi connectivity index (χ0) is 15.8. The fourth-order valence-corrected chi connectivity index (χ4v) is 3.50. The highest BCUT2D eigenvalue weighted by Crippen LogP contribution is 2.52. The molecule has 0 aromatic carbocycles. The predicted octanol–water partition coefficient (Wildman–Crippen LogP) is 2.39. The molecule has 118 valence electrons. The first-order valence-electron chi connectivity index (χ1n) is 7.36. The maximum absolute atomic E-state index is 11.8. The summed E-state index contributed by atoms with van der Waals surface area (Å²) in [5, 5.41) is 0. The van der Waals surface area contributed by atoms with Crippen molar-refractivity contribution < 1.29 is 23.8 Å². The van der Waals surface area contributed by atoms with Crippen LogP contribution < -0.4 is 0 Å². The summed E-state index contributed by atoms with van der Waals surface area (Å²) in [6.45, 7) is 10.6. The van der Waals surface area contributed by atoms with E-state index >= 15 is 0 Å². The molecule has 21 heavy (non-hydrogen) atoms. The molecular formula is C16H24O5. The Labute approximate surface area is 125 Å². The first-order chi connectivity index (χ1) is 9.66. The van der Waals surface area contributed by atoms with E-state index in [0.717, 1.165) is 19.3 Å². The Hall–Kier alpha value is -1.36. The minimum absolute atomic E-state index is 0.00593. The molecule has 3 atom stereocenters. The quantitative estimate of drug-likeness (QED) is 0.576. The highest BCUT2D eigenvalue weighted by atomic mass is 16.6. The number of ether oxygens (including phenoxy) is 3. The SMILES string of the molecule is C=C(C)C(=O)OC(C)(C)C1CC2CCC1(COC(C)=O)O2. The van der Waals surface area contributed by atoms with Gasteiger partial charge in [-0.1, -0.05) is 6.58 Å². The van der Waals surface area contributed by atoms with Crippen LogP contribution in [-0.4, -0.2) is 35.9 Å². The molecule has 0 aromatic heterocycles. The summed E-state index contributed by atoms with van der Waals surface area (Å²) in [4.78, 5) is 23.0. The van der Waals surface area contributed by atoms with Gasteiger partial charge in [-0.15, -0.1) is 0 Å². The molecule has 2 heterocycles. The number of fused-ring (bicyclic) bond motifs is 2. The Balaban J connectivity index is 2.15. The maximum Gasteiger partial charge on any atom is 0.333 e. The van der Waals surface area contributed by atoms with Crippen LogP contribution in [0.1, 0.15) is 47.0 Å². The molecule has 0 saturated carbocycles. The van der Waals surface area contributed by atoms with Crippen molar-refractivity contribution in [2.75, 3.05) is 6.61 Å². The summed E-state index contributed by atoms with van der Waals surface area (Å²) in [6, 6.07) is 0. The van der Waals surface area contributed by atoms with Crippen LogP contribution in [0.25, 0.3) is 0 Å². The van der Waals surface area contributed by atoms with E-state index < -0.39 is 17.2 Å². The van der Waals surface area contributed by atoms with Gasteiger partial charge in [0, 0.05) is 18.4 Å². The summed E-state index contributed by atoms with van der Waals surface area (Å²) < 4.78 is 16.9. The van der Waals surface area contributed by atoms with Crippen LogP contribution in [0.5, 0.6) is 0 Å². The van der Waals surface area contributed by atoms with Gasteiger partial charge in [-0.05, 0) is 40.0 Å². The summed E-state index contributed by atoms with van der Waals surface area (Å²) in [5.74, 6) is -0.712. The molecule has 0 N–H and O–H groups in total. The lowest BCUT2D eigenvalue weighted by molar-refractivity contribution is -0.173. The van der Waals surface area contributed by atoms with Crippen LogP contribution >= 0.6 is 0 Å². The van der Waals surface area contributed by atoms with E-state index in [4.69, 9.17) is 14.2 Å². The number of rotatable bonds is 5. The number of hydrogen-bond donors (Lipinski definition) is 0. The standard InChI is InChI=1S/C16H24O5/c1-10(2)14(18)21-15(4,5)13-8-12-6-7-16(13,20-12)9-19-11(3)17/h12-13H,1,6-9H2,2-5H3. The van der Waals surface area contributed by atoms with Gasteiger partial charge in [0.1, 0.15) is 17.8 Å². The molecular weight excluding hydrogens is 272 g/mol. The number of carbonyl (C=O) groups is 2. The highest BCUT2D eigenvalue weighted by Gasteiger charge is 2.60. The monoisotopic (exact) mass is 296 g/mol. The van der Waals surface area contributed by atoms with Crippen LogP contribution in [0.2, 0.25) is 0 Å². The van der Waals surface area contributed by atoms with Crippen molar-refractivity contribution in [2.45, 2.75) is 64.3 Å². The molecule has 0 aliphatic carbocycles. The van der Waals surface area contributed by atoms with Crippen LogP contribution in [-0.2, 0) is 23.8 Å². The Morgan fingerprint density at radius 2 is 2.05 bits per heavy atom. The third kappa shape index (κ3) is 3.12. The molecule has 0 aromatic rings. The minimum Gasteiger partial charge on any atom is -0.463 e. The maximum atomic E-state index is 11.8. The average Bonchev–Trinajstić information content (AvgIpc) is 2.94. The predicted molar refractivity (Wildman–Crippen MR) is 76.6 cm³/mol. The first-order valence-corrected chi connectivity index (χ1v) is 7.36. The van der Waals surface area contributed by atoms with E-state index in [0.29, 0.717) is 5.57 Å². The van der Waals surface area contributed by atoms with Crippen LogP contribution in [0.3, 0.4) is 0 Å². The lowest BCUT2D eigenvalue weighted by Crippen LogP contribution is -2.51. The molecule has 5 nitrogen and oxygen atoms in total. The molecule has 2 aliphatic heterocycles. The van der Waals surface area contributed by atoms with Gasteiger partial charge >= 0.3 is 11.9 Å². The van der Waals surface area contributed by atoms with E-state index in [1.54, 1.807) is 6.92 Å². The number of hydrogen-bond acceptors (Lipinski definition) is 5. The molecule has 0 radical (unpaired) electrons. The zero-order valence-corrected chi connectivity index (χ0v) is 13.2. The van der Waals surface area contributed by atoms with Gasteiger partial charge in [0.15, 0.2) is 0 Å². The van der Waals surface area contributed by atoms with Crippen LogP contribution in [0, 0.1) is 5.92 Å². The van der Waals surface area contributed by atoms with E-state index in [-0.39, 0.29) is 24.6 Å². The summed E-state index contributed by atoms with van der Waals surface area (Å²) in [5.41, 5.74) is -0.846. The third-order valence-corrected chi connectivity index (χ3v) is 4.49. The third-order valence-electron chi connectivity index (χ3n) is 4.49. The summed E-state index contributed by atoms with van der Waals surface area (Å²) in [7, 11) is 0. The molecule has 0 amide bonds. The van der Waals surface area contributed by atoms with Crippen molar-refractivity contribution in [1.82, 2.24) is 0 Å². The van der Waals surface area contributed by atoms with Gasteiger partial charge in [-0.25, -0.2) is 4.79 Å². The summed E-state index contributed by atoms with van der Waals surface area (Å²) in [6.07, 6.45) is 2.76. The van der Waals surface area contributed by atoms with Gasteiger partial charge in [-0.2, -0.15) is 0 Å². The van der Waals surface area contributed by atoms with Gasteiger partial charge in [0.05, 0.1) is 6.10 Å². The molecule has 2 aliphatic rings. The topological polar surface area (TPSA) is 61.8 Å².